The van der Waals surface area contributed by atoms with E-state index in [0.717, 1.165) is 19.3 Å². The summed E-state index contributed by atoms with van der Waals surface area (Å²) in [6.45, 7) is 0.978. The first-order valence-corrected chi connectivity index (χ1v) is 12.2. The van der Waals surface area contributed by atoms with E-state index in [4.69, 9.17) is 16.3 Å². The number of benzene rings is 1. The van der Waals surface area contributed by atoms with Crippen molar-refractivity contribution in [1.29, 1.82) is 0 Å². The zero-order chi connectivity index (χ0) is 24.6. The minimum Gasteiger partial charge on any atom is -0.502 e. The van der Waals surface area contributed by atoms with Crippen LogP contribution in [0.1, 0.15) is 57.4 Å². The van der Waals surface area contributed by atoms with Crippen molar-refractivity contribution in [1.82, 2.24) is 14.4 Å². The van der Waals surface area contributed by atoms with Gasteiger partial charge in [0.25, 0.3) is 17.4 Å². The van der Waals surface area contributed by atoms with Crippen LogP contribution in [-0.2, 0) is 17.7 Å². The van der Waals surface area contributed by atoms with E-state index >= 15 is 0 Å². The molecule has 0 radical (unpaired) electrons. The summed E-state index contributed by atoms with van der Waals surface area (Å²) in [4.78, 5) is 43.8. The molecule has 1 N–H and O–H groups in total. The lowest BCUT2D eigenvalue weighted by atomic mass is 9.95. The highest BCUT2D eigenvalue weighted by Crippen LogP contribution is 2.52. The van der Waals surface area contributed by atoms with E-state index in [1.54, 1.807) is 12.0 Å². The number of hydrogen-bond acceptors (Lipinski definition) is 5. The molecular formula is C25H25ClFN3O5. The quantitative estimate of drug-likeness (QED) is 0.657. The largest absolute Gasteiger partial charge is 0.502 e. The summed E-state index contributed by atoms with van der Waals surface area (Å²) in [5.41, 5.74) is 0.493. The molecule has 6 rings (SSSR count). The molecule has 1 aromatic carbocycles. The molecule has 8 nitrogen and oxygen atoms in total. The molecule has 184 valence electrons. The van der Waals surface area contributed by atoms with Gasteiger partial charge in [-0.05, 0) is 49.3 Å². The topological polar surface area (TPSA) is 92.1 Å². The summed E-state index contributed by atoms with van der Waals surface area (Å²) in [5, 5.41) is 10.9. The van der Waals surface area contributed by atoms with Gasteiger partial charge >= 0.3 is 0 Å². The zero-order valence-corrected chi connectivity index (χ0v) is 19.9. The standard InChI is InChI=1S/C25H25ClFN3O5/c1-35-11-14-9-18(14)29-22(13-3-4-13)30-20(24(29)33)15-6-7-28(23(32)19(15)21(31)25(30)34)10-12-2-5-17(27)16(26)8-12/h2,5,8,13-14,18,22,31H,3-4,6-7,9-11H2,1H3. The molecule has 3 heterocycles. The van der Waals surface area contributed by atoms with Crippen molar-refractivity contribution < 1.29 is 23.8 Å². The Morgan fingerprint density at radius 1 is 1.20 bits per heavy atom. The summed E-state index contributed by atoms with van der Waals surface area (Å²) in [7, 11) is 1.63. The molecule has 2 aliphatic heterocycles. The fourth-order valence-corrected chi connectivity index (χ4v) is 5.92. The van der Waals surface area contributed by atoms with Crippen molar-refractivity contribution in [2.75, 3.05) is 20.3 Å². The van der Waals surface area contributed by atoms with Crippen LogP contribution in [0.4, 0.5) is 4.39 Å². The predicted molar refractivity (Wildman–Crippen MR) is 124 cm³/mol. The maximum atomic E-state index is 13.7. The van der Waals surface area contributed by atoms with Crippen LogP contribution in [0.2, 0.25) is 5.02 Å². The molecule has 3 atom stereocenters. The van der Waals surface area contributed by atoms with E-state index in [2.05, 4.69) is 0 Å². The number of carbonyl (C=O) groups is 2. The highest BCUT2D eigenvalue weighted by molar-refractivity contribution is 6.30. The number of ether oxygens (including phenoxy) is 1. The highest BCUT2D eigenvalue weighted by atomic mass is 35.5. The highest BCUT2D eigenvalue weighted by Gasteiger charge is 2.56. The molecule has 2 fully saturated rings. The molecule has 35 heavy (non-hydrogen) atoms. The first-order chi connectivity index (χ1) is 16.8. The number of halogens is 2. The van der Waals surface area contributed by atoms with Crippen LogP contribution in [0.15, 0.2) is 23.0 Å². The maximum absolute atomic E-state index is 13.7. The van der Waals surface area contributed by atoms with Gasteiger partial charge in [-0.25, -0.2) is 4.39 Å². The smallest absolute Gasteiger partial charge is 0.295 e. The lowest BCUT2D eigenvalue weighted by molar-refractivity contribution is 0.0608. The second-order valence-corrected chi connectivity index (χ2v) is 10.3. The third-order valence-electron chi connectivity index (χ3n) is 7.63. The van der Waals surface area contributed by atoms with Gasteiger partial charge in [0.1, 0.15) is 17.7 Å². The normalized spacial score (nSPS) is 25.2. The van der Waals surface area contributed by atoms with Gasteiger partial charge in [0, 0.05) is 37.7 Å². The second kappa shape index (κ2) is 8.06. The van der Waals surface area contributed by atoms with Crippen molar-refractivity contribution in [3.8, 4) is 5.75 Å². The average molecular weight is 502 g/mol. The van der Waals surface area contributed by atoms with Gasteiger partial charge in [-0.3, -0.25) is 19.0 Å². The van der Waals surface area contributed by atoms with Crippen LogP contribution in [0, 0.1) is 17.7 Å². The molecule has 10 heteroatoms. The van der Waals surface area contributed by atoms with Gasteiger partial charge in [-0.2, -0.15) is 0 Å². The van der Waals surface area contributed by atoms with Gasteiger partial charge in [0.05, 0.1) is 17.2 Å². The lowest BCUT2D eigenvalue weighted by Crippen LogP contribution is -2.40. The number of nitrogens with zero attached hydrogens (tertiary/aromatic N) is 3. The number of aromatic nitrogens is 1. The van der Waals surface area contributed by atoms with Crippen LogP contribution in [0.5, 0.6) is 5.75 Å². The van der Waals surface area contributed by atoms with Crippen LogP contribution in [-0.4, -0.2) is 57.6 Å². The molecule has 2 aliphatic carbocycles. The number of rotatable bonds is 6. The summed E-state index contributed by atoms with van der Waals surface area (Å²) in [6.07, 6.45) is 2.52. The number of carbonyl (C=O) groups excluding carboxylic acids is 2. The Labute approximate surface area is 205 Å². The number of pyridine rings is 1. The Hall–Kier alpha value is -2.91. The minimum absolute atomic E-state index is 0.0100. The monoisotopic (exact) mass is 501 g/mol. The Bertz CT molecular complexity index is 1320. The van der Waals surface area contributed by atoms with E-state index in [0.29, 0.717) is 30.7 Å². The van der Waals surface area contributed by atoms with E-state index in [-0.39, 0.29) is 46.6 Å². The van der Waals surface area contributed by atoms with E-state index in [9.17, 15) is 23.9 Å². The van der Waals surface area contributed by atoms with E-state index in [1.165, 1.54) is 27.7 Å². The first-order valence-electron chi connectivity index (χ1n) is 11.9. The summed E-state index contributed by atoms with van der Waals surface area (Å²) < 4.78 is 20.3. The number of hydrogen-bond donors (Lipinski definition) is 1. The minimum atomic E-state index is -0.699. The molecule has 2 amide bonds. The van der Waals surface area contributed by atoms with Gasteiger partial charge in [-0.1, -0.05) is 17.7 Å². The number of amides is 2. The Balaban J connectivity index is 1.38. The van der Waals surface area contributed by atoms with Crippen LogP contribution >= 0.6 is 11.6 Å². The van der Waals surface area contributed by atoms with Gasteiger partial charge in [0.15, 0.2) is 5.75 Å². The third-order valence-corrected chi connectivity index (χ3v) is 7.92. The Kier molecular flexibility index (Phi) is 5.19. The van der Waals surface area contributed by atoms with Gasteiger partial charge < -0.3 is 19.6 Å². The lowest BCUT2D eigenvalue weighted by Gasteiger charge is -2.30. The molecule has 0 saturated heterocycles. The maximum Gasteiger partial charge on any atom is 0.295 e. The molecule has 0 bridgehead atoms. The van der Waals surface area contributed by atoms with Crippen molar-refractivity contribution in [2.24, 2.45) is 11.8 Å². The fraction of sp³-hybridized carbons (Fsp3) is 0.480. The van der Waals surface area contributed by atoms with Gasteiger partial charge in [0.2, 0.25) is 0 Å². The second-order valence-electron chi connectivity index (χ2n) is 9.93. The van der Waals surface area contributed by atoms with Crippen molar-refractivity contribution >= 4 is 23.4 Å². The Morgan fingerprint density at radius 2 is 1.97 bits per heavy atom. The van der Waals surface area contributed by atoms with Crippen LogP contribution in [0.3, 0.4) is 0 Å². The van der Waals surface area contributed by atoms with Crippen molar-refractivity contribution in [3.05, 3.63) is 61.8 Å². The van der Waals surface area contributed by atoms with Crippen molar-refractivity contribution in [2.45, 2.75) is 44.4 Å². The van der Waals surface area contributed by atoms with Crippen LogP contribution < -0.4 is 5.56 Å². The van der Waals surface area contributed by atoms with E-state index in [1.807, 2.05) is 0 Å². The van der Waals surface area contributed by atoms with Gasteiger partial charge in [-0.15, -0.1) is 0 Å². The average Bonchev–Trinajstić information content (AvgIpc) is 3.75. The molecular weight excluding hydrogens is 477 g/mol. The molecule has 0 spiro atoms. The molecule has 2 saturated carbocycles. The number of aromatic hydroxyl groups is 1. The molecule has 1 aromatic heterocycles. The summed E-state index contributed by atoms with van der Waals surface area (Å²) >= 11 is 5.88. The SMILES string of the molecule is COCC1CC1N1C(=O)c2c3c(c(O)c(=O)n2C1C1CC1)C(=O)N(Cc1ccc(F)c(Cl)c1)CC3. The number of fused-ring (bicyclic) bond motifs is 3. The summed E-state index contributed by atoms with van der Waals surface area (Å²) in [5.74, 6) is -1.55. The molecule has 4 aliphatic rings. The van der Waals surface area contributed by atoms with E-state index < -0.39 is 29.2 Å². The first kappa shape index (κ1) is 22.5. The number of methoxy groups -OCH3 is 1. The zero-order valence-electron chi connectivity index (χ0n) is 19.2. The Morgan fingerprint density at radius 3 is 2.66 bits per heavy atom. The third kappa shape index (κ3) is 3.47. The fourth-order valence-electron chi connectivity index (χ4n) is 5.71. The molecule has 3 unspecified atom stereocenters. The predicted octanol–water partition coefficient (Wildman–Crippen LogP) is 2.94. The van der Waals surface area contributed by atoms with Crippen molar-refractivity contribution in [3.63, 3.8) is 0 Å². The summed E-state index contributed by atoms with van der Waals surface area (Å²) in [6, 6.07) is 4.21. The van der Waals surface area contributed by atoms with Crippen LogP contribution in [0.25, 0.3) is 0 Å². The molecule has 2 aromatic rings.